The molecule has 96 valence electrons. The normalized spacial score (nSPS) is 11.2. The van der Waals surface area contributed by atoms with Gasteiger partial charge in [0.05, 0.1) is 5.69 Å². The van der Waals surface area contributed by atoms with E-state index in [0.717, 1.165) is 16.8 Å². The van der Waals surface area contributed by atoms with Gasteiger partial charge in [-0.05, 0) is 17.5 Å². The lowest BCUT2D eigenvalue weighted by atomic mass is 9.99. The summed E-state index contributed by atoms with van der Waals surface area (Å²) in [7, 11) is 1.87. The van der Waals surface area contributed by atoms with Gasteiger partial charge in [-0.1, -0.05) is 26.0 Å². The van der Waals surface area contributed by atoms with E-state index in [2.05, 4.69) is 18.9 Å². The van der Waals surface area contributed by atoms with Gasteiger partial charge in [-0.2, -0.15) is 5.10 Å². The van der Waals surface area contributed by atoms with Crippen LogP contribution in [-0.4, -0.2) is 9.78 Å². The fourth-order valence-corrected chi connectivity index (χ4v) is 2.03. The number of aryl methyl sites for hydroxylation is 1. The molecule has 1 aromatic carbocycles. The van der Waals surface area contributed by atoms with E-state index in [-0.39, 0.29) is 12.4 Å². The van der Waals surface area contributed by atoms with Gasteiger partial charge in [0.1, 0.15) is 5.82 Å². The average Bonchev–Trinajstić information content (AvgIpc) is 2.71. The molecule has 18 heavy (non-hydrogen) atoms. The Bertz CT molecular complexity index is 558. The van der Waals surface area contributed by atoms with Crippen molar-refractivity contribution in [1.29, 1.82) is 0 Å². The highest BCUT2D eigenvalue weighted by Crippen LogP contribution is 2.29. The molecule has 0 unspecified atom stereocenters. The van der Waals surface area contributed by atoms with Crippen molar-refractivity contribution in [3.63, 3.8) is 0 Å². The van der Waals surface area contributed by atoms with Gasteiger partial charge < -0.3 is 5.73 Å². The lowest BCUT2D eigenvalue weighted by Gasteiger charge is -2.07. The van der Waals surface area contributed by atoms with Crippen molar-refractivity contribution in [2.24, 2.45) is 12.8 Å². The molecule has 0 atom stereocenters. The summed E-state index contributed by atoms with van der Waals surface area (Å²) in [5.41, 5.74) is 8.81. The van der Waals surface area contributed by atoms with Crippen LogP contribution >= 0.6 is 0 Å². The van der Waals surface area contributed by atoms with E-state index in [0.29, 0.717) is 11.5 Å². The molecule has 2 N–H and O–H groups in total. The highest BCUT2D eigenvalue weighted by molar-refractivity contribution is 5.66. The quantitative estimate of drug-likeness (QED) is 0.906. The molecule has 0 aliphatic carbocycles. The summed E-state index contributed by atoms with van der Waals surface area (Å²) < 4.78 is 15.5. The molecule has 0 radical (unpaired) electrons. The Morgan fingerprint density at radius 2 is 2.11 bits per heavy atom. The number of halogens is 1. The topological polar surface area (TPSA) is 43.8 Å². The summed E-state index contributed by atoms with van der Waals surface area (Å²) in [6.07, 6.45) is 1.92. The van der Waals surface area contributed by atoms with Crippen LogP contribution in [-0.2, 0) is 13.6 Å². The molecule has 0 amide bonds. The Labute approximate surface area is 106 Å². The van der Waals surface area contributed by atoms with Crippen LogP contribution in [0.15, 0.2) is 24.4 Å². The third-order valence-corrected chi connectivity index (χ3v) is 2.99. The number of aromatic nitrogens is 2. The standard InChI is InChI=1S/C14H18FN3/c1-9(2)14-12(8-18(3)17-14)10-4-5-11(7-16)13(15)6-10/h4-6,8-9H,7,16H2,1-3H3. The molecule has 0 bridgehead atoms. The fourth-order valence-electron chi connectivity index (χ4n) is 2.03. The predicted molar refractivity (Wildman–Crippen MR) is 70.6 cm³/mol. The van der Waals surface area contributed by atoms with Crippen LogP contribution in [0, 0.1) is 5.82 Å². The number of nitrogens with two attached hydrogens (primary N) is 1. The molecule has 0 saturated heterocycles. The van der Waals surface area contributed by atoms with Crippen LogP contribution in [0.3, 0.4) is 0 Å². The minimum Gasteiger partial charge on any atom is -0.326 e. The van der Waals surface area contributed by atoms with Gasteiger partial charge in [0.25, 0.3) is 0 Å². The first-order valence-electron chi connectivity index (χ1n) is 6.05. The molecule has 2 rings (SSSR count). The van der Waals surface area contributed by atoms with Gasteiger partial charge >= 0.3 is 0 Å². The van der Waals surface area contributed by atoms with Crippen molar-refractivity contribution >= 4 is 0 Å². The van der Waals surface area contributed by atoms with Crippen LogP contribution in [0.5, 0.6) is 0 Å². The van der Waals surface area contributed by atoms with Crippen LogP contribution in [0.2, 0.25) is 0 Å². The molecule has 0 spiro atoms. The van der Waals surface area contributed by atoms with Gasteiger partial charge in [-0.15, -0.1) is 0 Å². The zero-order chi connectivity index (χ0) is 13.3. The van der Waals surface area contributed by atoms with Crippen molar-refractivity contribution in [1.82, 2.24) is 9.78 Å². The Morgan fingerprint density at radius 1 is 1.39 bits per heavy atom. The monoisotopic (exact) mass is 247 g/mol. The lowest BCUT2D eigenvalue weighted by molar-refractivity contribution is 0.611. The minimum atomic E-state index is -0.256. The van der Waals surface area contributed by atoms with Gasteiger partial charge in [0.15, 0.2) is 0 Å². The summed E-state index contributed by atoms with van der Waals surface area (Å²) in [6.45, 7) is 4.38. The Morgan fingerprint density at radius 3 is 2.67 bits per heavy atom. The first kappa shape index (κ1) is 12.8. The second kappa shape index (κ2) is 4.90. The van der Waals surface area contributed by atoms with Crippen LogP contribution in [0.4, 0.5) is 4.39 Å². The molecule has 0 fully saturated rings. The van der Waals surface area contributed by atoms with Gasteiger partial charge in [-0.3, -0.25) is 4.68 Å². The molecule has 1 aromatic heterocycles. The summed E-state index contributed by atoms with van der Waals surface area (Å²) in [4.78, 5) is 0. The molecule has 4 heteroatoms. The number of nitrogens with zero attached hydrogens (tertiary/aromatic N) is 2. The van der Waals surface area contributed by atoms with Crippen molar-refractivity contribution in [3.8, 4) is 11.1 Å². The third kappa shape index (κ3) is 2.29. The number of hydrogen-bond acceptors (Lipinski definition) is 2. The maximum absolute atomic E-state index is 13.8. The molecule has 0 aliphatic rings. The van der Waals surface area contributed by atoms with Crippen LogP contribution in [0.1, 0.15) is 31.0 Å². The van der Waals surface area contributed by atoms with E-state index in [9.17, 15) is 4.39 Å². The smallest absolute Gasteiger partial charge is 0.128 e. The number of hydrogen-bond donors (Lipinski definition) is 1. The molecule has 1 heterocycles. The number of benzene rings is 1. The average molecular weight is 247 g/mol. The summed E-state index contributed by atoms with van der Waals surface area (Å²) in [6, 6.07) is 5.17. The maximum atomic E-state index is 13.8. The summed E-state index contributed by atoms with van der Waals surface area (Å²) in [5, 5.41) is 4.43. The third-order valence-electron chi connectivity index (χ3n) is 2.99. The molecule has 0 aliphatic heterocycles. The molecule has 0 saturated carbocycles. The summed E-state index contributed by atoms with van der Waals surface area (Å²) in [5.74, 6) is 0.0482. The number of rotatable bonds is 3. The first-order valence-corrected chi connectivity index (χ1v) is 6.05. The SMILES string of the molecule is CC(C)c1nn(C)cc1-c1ccc(CN)c(F)c1. The van der Waals surface area contributed by atoms with Crippen LogP contribution in [0.25, 0.3) is 11.1 Å². The first-order chi connectivity index (χ1) is 8.52. The van der Waals surface area contributed by atoms with E-state index in [1.807, 2.05) is 19.3 Å². The van der Waals surface area contributed by atoms with E-state index in [1.165, 1.54) is 6.07 Å². The minimum absolute atomic E-state index is 0.218. The lowest BCUT2D eigenvalue weighted by Crippen LogP contribution is -2.00. The highest BCUT2D eigenvalue weighted by atomic mass is 19.1. The van der Waals surface area contributed by atoms with Gasteiger partial charge in [-0.25, -0.2) is 4.39 Å². The van der Waals surface area contributed by atoms with Gasteiger partial charge in [0, 0.05) is 30.9 Å². The van der Waals surface area contributed by atoms with Crippen LogP contribution < -0.4 is 5.73 Å². The van der Waals surface area contributed by atoms with E-state index >= 15 is 0 Å². The predicted octanol–water partition coefficient (Wildman–Crippen LogP) is 2.81. The molecule has 3 nitrogen and oxygen atoms in total. The van der Waals surface area contributed by atoms with E-state index in [4.69, 9.17) is 5.73 Å². The van der Waals surface area contributed by atoms with Crippen molar-refractivity contribution in [3.05, 3.63) is 41.5 Å². The zero-order valence-corrected chi connectivity index (χ0v) is 10.9. The van der Waals surface area contributed by atoms with Gasteiger partial charge in [0.2, 0.25) is 0 Å². The van der Waals surface area contributed by atoms with Crippen molar-refractivity contribution < 1.29 is 4.39 Å². The zero-order valence-electron chi connectivity index (χ0n) is 10.9. The van der Waals surface area contributed by atoms with E-state index in [1.54, 1.807) is 10.7 Å². The second-order valence-corrected chi connectivity index (χ2v) is 4.77. The highest BCUT2D eigenvalue weighted by Gasteiger charge is 2.14. The summed E-state index contributed by atoms with van der Waals surface area (Å²) >= 11 is 0. The fraction of sp³-hybridized carbons (Fsp3) is 0.357. The van der Waals surface area contributed by atoms with Crippen molar-refractivity contribution in [2.45, 2.75) is 26.3 Å². The molecular weight excluding hydrogens is 229 g/mol. The largest absolute Gasteiger partial charge is 0.326 e. The Kier molecular flexibility index (Phi) is 3.48. The maximum Gasteiger partial charge on any atom is 0.128 e. The molecular formula is C14H18FN3. The Balaban J connectivity index is 2.51. The van der Waals surface area contributed by atoms with E-state index < -0.39 is 0 Å². The van der Waals surface area contributed by atoms with Crippen molar-refractivity contribution in [2.75, 3.05) is 0 Å². The Hall–Kier alpha value is -1.68. The second-order valence-electron chi connectivity index (χ2n) is 4.77. The molecule has 2 aromatic rings.